The Kier molecular flexibility index (Phi) is 5.84. The Hall–Kier alpha value is -0.570. The lowest BCUT2D eigenvalue weighted by Crippen LogP contribution is -2.06. The van der Waals surface area contributed by atoms with Gasteiger partial charge in [0.05, 0.1) is 0 Å². The summed E-state index contributed by atoms with van der Waals surface area (Å²) in [4.78, 5) is 10.1. The Bertz CT molecular complexity index is 115. The van der Waals surface area contributed by atoms with E-state index >= 15 is 0 Å². The molecule has 3 heteroatoms. The number of hydrogen-bond acceptors (Lipinski definition) is 2. The molecule has 0 radical (unpaired) electrons. The van der Waals surface area contributed by atoms with Gasteiger partial charge in [0.1, 0.15) is 0 Å². The largest absolute Gasteiger partial charge is 0.481 e. The zero-order valence-electron chi connectivity index (χ0n) is 7.05. The van der Waals surface area contributed by atoms with Gasteiger partial charge < -0.3 is 10.8 Å². The van der Waals surface area contributed by atoms with Crippen LogP contribution in [-0.4, -0.2) is 17.6 Å². The molecule has 0 amide bonds. The minimum Gasteiger partial charge on any atom is -0.481 e. The van der Waals surface area contributed by atoms with Crippen LogP contribution < -0.4 is 5.73 Å². The van der Waals surface area contributed by atoms with Crippen molar-refractivity contribution in [3.8, 4) is 0 Å². The van der Waals surface area contributed by atoms with E-state index in [1.807, 2.05) is 0 Å². The van der Waals surface area contributed by atoms with Crippen LogP contribution in [0.3, 0.4) is 0 Å². The van der Waals surface area contributed by atoms with Crippen LogP contribution >= 0.6 is 0 Å². The number of carboxylic acids is 1. The van der Waals surface area contributed by atoms with Gasteiger partial charge in [0, 0.05) is 6.42 Å². The normalized spacial score (nSPS) is 12.9. The predicted molar refractivity (Wildman–Crippen MR) is 44.3 cm³/mol. The molecule has 0 heterocycles. The minimum absolute atomic E-state index is 0.287. The summed E-state index contributed by atoms with van der Waals surface area (Å²) in [5, 5.41) is 8.33. The van der Waals surface area contributed by atoms with Crippen molar-refractivity contribution in [3.63, 3.8) is 0 Å². The molecule has 0 saturated heterocycles. The molecule has 3 N–H and O–H groups in total. The summed E-state index contributed by atoms with van der Waals surface area (Å²) in [5.74, 6) is -0.135. The van der Waals surface area contributed by atoms with Crippen LogP contribution in [0.1, 0.15) is 32.6 Å². The summed E-state index contributed by atoms with van der Waals surface area (Å²) in [6.07, 6.45) is 3.04. The summed E-state index contributed by atoms with van der Waals surface area (Å²) in [6.45, 7) is 2.81. The maximum Gasteiger partial charge on any atom is 0.303 e. The average molecular weight is 159 g/mol. The quantitative estimate of drug-likeness (QED) is 0.612. The Labute approximate surface area is 67.6 Å². The summed E-state index contributed by atoms with van der Waals surface area (Å²) in [7, 11) is 0. The van der Waals surface area contributed by atoms with Gasteiger partial charge >= 0.3 is 5.97 Å². The molecule has 0 aromatic rings. The number of carboxylic acid groups (broad SMARTS) is 1. The number of hydrogen-bond donors (Lipinski definition) is 2. The van der Waals surface area contributed by atoms with Gasteiger partial charge in [0.2, 0.25) is 0 Å². The maximum atomic E-state index is 10.1. The first-order valence-electron chi connectivity index (χ1n) is 4.08. The number of aliphatic carboxylic acids is 1. The highest BCUT2D eigenvalue weighted by Gasteiger charge is 2.02. The van der Waals surface area contributed by atoms with Crippen LogP contribution in [0.15, 0.2) is 0 Å². The third-order valence-electron chi connectivity index (χ3n) is 1.75. The zero-order valence-corrected chi connectivity index (χ0v) is 7.05. The summed E-state index contributed by atoms with van der Waals surface area (Å²) in [6, 6.07) is 0. The fourth-order valence-electron chi connectivity index (χ4n) is 1.03. The Morgan fingerprint density at radius 2 is 2.18 bits per heavy atom. The van der Waals surface area contributed by atoms with E-state index in [2.05, 4.69) is 6.92 Å². The second kappa shape index (κ2) is 6.16. The fourth-order valence-corrected chi connectivity index (χ4v) is 1.03. The average Bonchev–Trinajstić information content (AvgIpc) is 1.87. The molecule has 3 nitrogen and oxygen atoms in total. The molecule has 0 saturated carbocycles. The fraction of sp³-hybridized carbons (Fsp3) is 0.875. The summed E-state index contributed by atoms with van der Waals surface area (Å²) < 4.78 is 0. The molecule has 0 aliphatic heterocycles. The first-order valence-corrected chi connectivity index (χ1v) is 4.08. The first-order chi connectivity index (χ1) is 5.16. The lowest BCUT2D eigenvalue weighted by Gasteiger charge is -2.07. The topological polar surface area (TPSA) is 63.3 Å². The van der Waals surface area contributed by atoms with E-state index in [1.54, 1.807) is 0 Å². The predicted octanol–water partition coefficient (Wildman–Crippen LogP) is 1.23. The Morgan fingerprint density at radius 1 is 1.55 bits per heavy atom. The standard InChI is InChI=1S/C8H17NO2/c1-7(5-6-9)3-2-4-8(10)11/h7H,2-6,9H2,1H3,(H,10,11). The third kappa shape index (κ3) is 7.33. The molecule has 0 aromatic heterocycles. The van der Waals surface area contributed by atoms with Crippen LogP contribution in [0, 0.1) is 5.92 Å². The second-order valence-corrected chi connectivity index (χ2v) is 2.97. The highest BCUT2D eigenvalue weighted by Crippen LogP contribution is 2.10. The van der Waals surface area contributed by atoms with Gasteiger partial charge in [-0.05, 0) is 25.3 Å². The highest BCUT2D eigenvalue weighted by molar-refractivity contribution is 5.66. The van der Waals surface area contributed by atoms with E-state index in [0.717, 1.165) is 19.3 Å². The van der Waals surface area contributed by atoms with E-state index in [1.165, 1.54) is 0 Å². The lowest BCUT2D eigenvalue weighted by molar-refractivity contribution is -0.137. The smallest absolute Gasteiger partial charge is 0.303 e. The molecular weight excluding hydrogens is 142 g/mol. The zero-order chi connectivity index (χ0) is 8.69. The van der Waals surface area contributed by atoms with Crippen molar-refractivity contribution in [1.29, 1.82) is 0 Å². The molecule has 1 atom stereocenters. The minimum atomic E-state index is -0.704. The highest BCUT2D eigenvalue weighted by atomic mass is 16.4. The lowest BCUT2D eigenvalue weighted by atomic mass is 10.0. The van der Waals surface area contributed by atoms with E-state index in [-0.39, 0.29) is 6.42 Å². The van der Waals surface area contributed by atoms with Gasteiger partial charge in [-0.3, -0.25) is 4.79 Å². The molecule has 66 valence electrons. The Balaban J connectivity index is 3.16. The molecule has 0 bridgehead atoms. The van der Waals surface area contributed by atoms with Crippen molar-refractivity contribution >= 4 is 5.97 Å². The van der Waals surface area contributed by atoms with E-state index in [0.29, 0.717) is 12.5 Å². The van der Waals surface area contributed by atoms with Crippen molar-refractivity contribution in [2.75, 3.05) is 6.54 Å². The number of carbonyl (C=O) groups is 1. The van der Waals surface area contributed by atoms with E-state index in [4.69, 9.17) is 10.8 Å². The van der Waals surface area contributed by atoms with E-state index < -0.39 is 5.97 Å². The Morgan fingerprint density at radius 3 is 2.64 bits per heavy atom. The van der Waals surface area contributed by atoms with Crippen molar-refractivity contribution in [2.24, 2.45) is 11.7 Å². The molecule has 0 spiro atoms. The molecule has 1 unspecified atom stereocenters. The van der Waals surface area contributed by atoms with Crippen molar-refractivity contribution in [3.05, 3.63) is 0 Å². The summed E-state index contributed by atoms with van der Waals surface area (Å²) in [5.41, 5.74) is 5.34. The summed E-state index contributed by atoms with van der Waals surface area (Å²) >= 11 is 0. The SMILES string of the molecule is CC(CCN)CCCC(=O)O. The maximum absolute atomic E-state index is 10.1. The van der Waals surface area contributed by atoms with Gasteiger partial charge in [-0.15, -0.1) is 0 Å². The van der Waals surface area contributed by atoms with Gasteiger partial charge in [-0.1, -0.05) is 13.3 Å². The van der Waals surface area contributed by atoms with Crippen LogP contribution in [0.4, 0.5) is 0 Å². The third-order valence-corrected chi connectivity index (χ3v) is 1.75. The van der Waals surface area contributed by atoms with Gasteiger partial charge in [-0.25, -0.2) is 0 Å². The molecule has 0 aromatic carbocycles. The van der Waals surface area contributed by atoms with Crippen molar-refractivity contribution in [2.45, 2.75) is 32.6 Å². The van der Waals surface area contributed by atoms with E-state index in [9.17, 15) is 4.79 Å². The molecule has 0 fully saturated rings. The van der Waals surface area contributed by atoms with Crippen molar-refractivity contribution < 1.29 is 9.90 Å². The van der Waals surface area contributed by atoms with Crippen molar-refractivity contribution in [1.82, 2.24) is 0 Å². The second-order valence-electron chi connectivity index (χ2n) is 2.97. The molecular formula is C8H17NO2. The van der Waals surface area contributed by atoms with Gasteiger partial charge in [-0.2, -0.15) is 0 Å². The van der Waals surface area contributed by atoms with Crippen LogP contribution in [0.5, 0.6) is 0 Å². The number of nitrogens with two attached hydrogens (primary N) is 1. The monoisotopic (exact) mass is 159 g/mol. The van der Waals surface area contributed by atoms with Gasteiger partial charge in [0.25, 0.3) is 0 Å². The molecule has 11 heavy (non-hydrogen) atoms. The molecule has 0 aliphatic carbocycles. The molecule has 0 aliphatic rings. The van der Waals surface area contributed by atoms with Crippen LogP contribution in [-0.2, 0) is 4.79 Å². The first kappa shape index (κ1) is 10.4. The van der Waals surface area contributed by atoms with Crippen LogP contribution in [0.2, 0.25) is 0 Å². The van der Waals surface area contributed by atoms with Crippen LogP contribution in [0.25, 0.3) is 0 Å². The van der Waals surface area contributed by atoms with Gasteiger partial charge in [0.15, 0.2) is 0 Å². The molecule has 0 rings (SSSR count). The number of rotatable bonds is 6.